The van der Waals surface area contributed by atoms with Gasteiger partial charge in [-0.25, -0.2) is 0 Å². The zero-order valence-electron chi connectivity index (χ0n) is 13.3. The summed E-state index contributed by atoms with van der Waals surface area (Å²) in [6.45, 7) is 8.97. The standard InChI is InChI=1S/C17H23NO3/c1-10(2)11(3)9-18-17(19)16-12(4)14-8-13(20-5)6-7-15(14)21-16/h6-8,10-11H,9H2,1-5H3,(H,18,19). The van der Waals surface area contributed by atoms with Gasteiger partial charge in [0.1, 0.15) is 11.3 Å². The number of rotatable bonds is 5. The monoisotopic (exact) mass is 289 g/mol. The number of aryl methyl sites for hydroxylation is 1. The zero-order valence-corrected chi connectivity index (χ0v) is 13.3. The molecule has 1 aromatic carbocycles. The van der Waals surface area contributed by atoms with Gasteiger partial charge >= 0.3 is 0 Å². The van der Waals surface area contributed by atoms with Gasteiger partial charge in [0.15, 0.2) is 5.76 Å². The van der Waals surface area contributed by atoms with Crippen LogP contribution in [0.3, 0.4) is 0 Å². The number of fused-ring (bicyclic) bond motifs is 1. The summed E-state index contributed by atoms with van der Waals surface area (Å²) in [7, 11) is 1.62. The van der Waals surface area contributed by atoms with Crippen LogP contribution < -0.4 is 10.1 Å². The van der Waals surface area contributed by atoms with Crippen molar-refractivity contribution >= 4 is 16.9 Å². The molecule has 2 aromatic rings. The average Bonchev–Trinajstić information content (AvgIpc) is 2.80. The van der Waals surface area contributed by atoms with Gasteiger partial charge in [0, 0.05) is 17.5 Å². The third-order valence-corrected chi connectivity index (χ3v) is 4.07. The molecular formula is C17H23NO3. The molecular weight excluding hydrogens is 266 g/mol. The fourth-order valence-electron chi connectivity index (χ4n) is 2.11. The van der Waals surface area contributed by atoms with E-state index < -0.39 is 0 Å². The van der Waals surface area contributed by atoms with E-state index in [0.29, 0.717) is 29.7 Å². The molecule has 0 radical (unpaired) electrons. The Morgan fingerprint density at radius 3 is 2.67 bits per heavy atom. The van der Waals surface area contributed by atoms with E-state index in [1.807, 2.05) is 25.1 Å². The van der Waals surface area contributed by atoms with Crippen LogP contribution in [0.15, 0.2) is 22.6 Å². The minimum Gasteiger partial charge on any atom is -0.497 e. The Morgan fingerprint density at radius 1 is 1.33 bits per heavy atom. The minimum absolute atomic E-state index is 0.157. The summed E-state index contributed by atoms with van der Waals surface area (Å²) < 4.78 is 10.9. The van der Waals surface area contributed by atoms with Crippen LogP contribution in [0, 0.1) is 18.8 Å². The van der Waals surface area contributed by atoms with Crippen LogP contribution in [0.5, 0.6) is 5.75 Å². The van der Waals surface area contributed by atoms with E-state index >= 15 is 0 Å². The van der Waals surface area contributed by atoms with E-state index in [0.717, 1.165) is 16.7 Å². The van der Waals surface area contributed by atoms with Gasteiger partial charge in [0.05, 0.1) is 7.11 Å². The maximum absolute atomic E-state index is 12.3. The second-order valence-corrected chi connectivity index (χ2v) is 5.85. The van der Waals surface area contributed by atoms with E-state index in [9.17, 15) is 4.79 Å². The Labute approximate surface area is 125 Å². The van der Waals surface area contributed by atoms with Crippen LogP contribution in [0.1, 0.15) is 36.9 Å². The van der Waals surface area contributed by atoms with E-state index in [4.69, 9.17) is 9.15 Å². The summed E-state index contributed by atoms with van der Waals surface area (Å²) in [5.74, 6) is 1.95. The van der Waals surface area contributed by atoms with E-state index in [-0.39, 0.29) is 5.91 Å². The number of ether oxygens (including phenoxy) is 1. The van der Waals surface area contributed by atoms with Crippen molar-refractivity contribution in [2.24, 2.45) is 11.8 Å². The van der Waals surface area contributed by atoms with Gasteiger partial charge in [-0.1, -0.05) is 20.8 Å². The van der Waals surface area contributed by atoms with Crippen LogP contribution in [0.4, 0.5) is 0 Å². The van der Waals surface area contributed by atoms with Crippen LogP contribution in [0.2, 0.25) is 0 Å². The molecule has 21 heavy (non-hydrogen) atoms. The molecule has 4 heteroatoms. The third kappa shape index (κ3) is 3.20. The number of hydrogen-bond acceptors (Lipinski definition) is 3. The van der Waals surface area contributed by atoms with Gasteiger partial charge in [-0.2, -0.15) is 0 Å². The van der Waals surface area contributed by atoms with Gasteiger partial charge in [-0.15, -0.1) is 0 Å². The van der Waals surface area contributed by atoms with Crippen LogP contribution in [-0.4, -0.2) is 19.6 Å². The summed E-state index contributed by atoms with van der Waals surface area (Å²) in [6, 6.07) is 5.55. The molecule has 1 heterocycles. The van der Waals surface area contributed by atoms with Crippen LogP contribution in [-0.2, 0) is 0 Å². The van der Waals surface area contributed by atoms with E-state index in [1.165, 1.54) is 0 Å². The Kier molecular flexibility index (Phi) is 4.56. The van der Waals surface area contributed by atoms with Crippen LogP contribution in [0.25, 0.3) is 11.0 Å². The molecule has 0 aliphatic heterocycles. The SMILES string of the molecule is COc1ccc2oc(C(=O)NCC(C)C(C)C)c(C)c2c1. The van der Waals surface area contributed by atoms with Crippen molar-refractivity contribution < 1.29 is 13.9 Å². The van der Waals surface area contributed by atoms with Crippen molar-refractivity contribution in [2.75, 3.05) is 13.7 Å². The van der Waals surface area contributed by atoms with Crippen molar-refractivity contribution in [1.29, 1.82) is 0 Å². The van der Waals surface area contributed by atoms with Gasteiger partial charge in [-0.05, 0) is 37.0 Å². The highest BCUT2D eigenvalue weighted by molar-refractivity contribution is 5.99. The van der Waals surface area contributed by atoms with Gasteiger partial charge < -0.3 is 14.5 Å². The molecule has 0 aliphatic carbocycles. The fourth-order valence-corrected chi connectivity index (χ4v) is 2.11. The number of furan rings is 1. The van der Waals surface area contributed by atoms with Gasteiger partial charge in [0.2, 0.25) is 0 Å². The first-order chi connectivity index (χ1) is 9.93. The molecule has 1 N–H and O–H groups in total. The lowest BCUT2D eigenvalue weighted by atomic mass is 9.98. The van der Waals surface area contributed by atoms with E-state index in [2.05, 4.69) is 26.1 Å². The highest BCUT2D eigenvalue weighted by Crippen LogP contribution is 2.28. The molecule has 0 saturated carbocycles. The fraction of sp³-hybridized carbons (Fsp3) is 0.471. The van der Waals surface area contributed by atoms with Crippen LogP contribution >= 0.6 is 0 Å². The highest BCUT2D eigenvalue weighted by atomic mass is 16.5. The summed E-state index contributed by atoms with van der Waals surface area (Å²) in [5.41, 5.74) is 1.55. The number of methoxy groups -OCH3 is 1. The number of benzene rings is 1. The number of hydrogen-bond donors (Lipinski definition) is 1. The van der Waals surface area contributed by atoms with Crippen molar-refractivity contribution in [2.45, 2.75) is 27.7 Å². The zero-order chi connectivity index (χ0) is 15.6. The molecule has 4 nitrogen and oxygen atoms in total. The summed E-state index contributed by atoms with van der Waals surface area (Å²) >= 11 is 0. The normalized spacial score (nSPS) is 12.7. The molecule has 1 amide bonds. The minimum atomic E-state index is -0.157. The third-order valence-electron chi connectivity index (χ3n) is 4.07. The number of nitrogens with one attached hydrogen (secondary N) is 1. The molecule has 0 bridgehead atoms. The molecule has 2 rings (SSSR count). The lowest BCUT2D eigenvalue weighted by molar-refractivity contribution is 0.0918. The second-order valence-electron chi connectivity index (χ2n) is 5.85. The lowest BCUT2D eigenvalue weighted by Gasteiger charge is -2.15. The average molecular weight is 289 g/mol. The summed E-state index contributed by atoms with van der Waals surface area (Å²) in [5, 5.41) is 3.86. The predicted octanol–water partition coefficient (Wildman–Crippen LogP) is 3.77. The molecule has 0 fully saturated rings. The van der Waals surface area contributed by atoms with Crippen molar-refractivity contribution in [1.82, 2.24) is 5.32 Å². The number of amides is 1. The molecule has 1 aromatic heterocycles. The lowest BCUT2D eigenvalue weighted by Crippen LogP contribution is -2.30. The first-order valence-electron chi connectivity index (χ1n) is 7.29. The molecule has 0 saturated heterocycles. The maximum Gasteiger partial charge on any atom is 0.287 e. The Morgan fingerprint density at radius 2 is 2.05 bits per heavy atom. The summed E-state index contributed by atoms with van der Waals surface area (Å²) in [6.07, 6.45) is 0. The predicted molar refractivity (Wildman–Crippen MR) is 83.8 cm³/mol. The first kappa shape index (κ1) is 15.4. The number of carbonyl (C=O) groups excluding carboxylic acids is 1. The van der Waals surface area contributed by atoms with E-state index in [1.54, 1.807) is 7.11 Å². The Bertz CT molecular complexity index is 643. The maximum atomic E-state index is 12.3. The van der Waals surface area contributed by atoms with Crippen molar-refractivity contribution in [3.05, 3.63) is 29.5 Å². The Hall–Kier alpha value is -1.97. The smallest absolute Gasteiger partial charge is 0.287 e. The van der Waals surface area contributed by atoms with Crippen molar-refractivity contribution in [3.63, 3.8) is 0 Å². The number of carbonyl (C=O) groups is 1. The van der Waals surface area contributed by atoms with Gasteiger partial charge in [0.25, 0.3) is 5.91 Å². The van der Waals surface area contributed by atoms with Gasteiger partial charge in [-0.3, -0.25) is 4.79 Å². The quantitative estimate of drug-likeness (QED) is 0.911. The topological polar surface area (TPSA) is 51.5 Å². The summed E-state index contributed by atoms with van der Waals surface area (Å²) in [4.78, 5) is 12.3. The molecule has 114 valence electrons. The molecule has 0 aliphatic rings. The largest absolute Gasteiger partial charge is 0.497 e. The second kappa shape index (κ2) is 6.20. The first-order valence-corrected chi connectivity index (χ1v) is 7.29. The Balaban J connectivity index is 2.21. The molecule has 1 atom stereocenters. The van der Waals surface area contributed by atoms with Crippen molar-refractivity contribution in [3.8, 4) is 5.75 Å². The highest BCUT2D eigenvalue weighted by Gasteiger charge is 2.19. The molecule has 1 unspecified atom stereocenters. The molecule has 0 spiro atoms.